The van der Waals surface area contributed by atoms with Crippen LogP contribution in [0.1, 0.15) is 45.6 Å². The number of benzene rings is 1. The van der Waals surface area contributed by atoms with E-state index in [0.717, 1.165) is 13.0 Å². The quantitative estimate of drug-likeness (QED) is 0.812. The van der Waals surface area contributed by atoms with Crippen LogP contribution in [0.4, 0.5) is 5.69 Å². The smallest absolute Gasteiger partial charge is 0.0625 e. The Bertz CT molecular complexity index is 470. The summed E-state index contributed by atoms with van der Waals surface area (Å²) in [4.78, 5) is 2.53. The Labute approximate surface area is 117 Å². The van der Waals surface area contributed by atoms with Gasteiger partial charge in [-0.15, -0.1) is 0 Å². The first-order valence-electron chi connectivity index (χ1n) is 7.33. The molecular formula is C17H24N2. The molecule has 19 heavy (non-hydrogen) atoms. The second-order valence-corrected chi connectivity index (χ2v) is 5.99. The van der Waals surface area contributed by atoms with E-state index in [9.17, 15) is 0 Å². The summed E-state index contributed by atoms with van der Waals surface area (Å²) >= 11 is 0. The molecule has 0 bridgehead atoms. The van der Waals surface area contributed by atoms with Crippen LogP contribution in [0.5, 0.6) is 0 Å². The molecule has 1 unspecified atom stereocenters. The Morgan fingerprint density at radius 1 is 1.37 bits per heavy atom. The Morgan fingerprint density at radius 2 is 2.11 bits per heavy atom. The molecule has 1 heterocycles. The molecule has 0 aromatic heterocycles. The van der Waals surface area contributed by atoms with Gasteiger partial charge in [0.15, 0.2) is 0 Å². The van der Waals surface area contributed by atoms with Crippen LogP contribution in [0.3, 0.4) is 0 Å². The highest BCUT2D eigenvalue weighted by Crippen LogP contribution is 2.39. The number of hydrogen-bond donors (Lipinski definition) is 0. The van der Waals surface area contributed by atoms with Gasteiger partial charge in [0.1, 0.15) is 0 Å². The van der Waals surface area contributed by atoms with Gasteiger partial charge in [-0.25, -0.2) is 0 Å². The van der Waals surface area contributed by atoms with Crippen molar-refractivity contribution in [1.29, 1.82) is 5.26 Å². The van der Waals surface area contributed by atoms with Crippen molar-refractivity contribution < 1.29 is 0 Å². The zero-order valence-corrected chi connectivity index (χ0v) is 12.3. The summed E-state index contributed by atoms with van der Waals surface area (Å²) < 4.78 is 0. The Hall–Kier alpha value is -1.49. The topological polar surface area (TPSA) is 27.0 Å². The third kappa shape index (κ3) is 2.61. The van der Waals surface area contributed by atoms with E-state index in [-0.39, 0.29) is 5.54 Å². The van der Waals surface area contributed by atoms with Gasteiger partial charge in [0, 0.05) is 24.2 Å². The van der Waals surface area contributed by atoms with Crippen LogP contribution < -0.4 is 4.90 Å². The van der Waals surface area contributed by atoms with Crippen LogP contribution >= 0.6 is 0 Å². The monoisotopic (exact) mass is 256 g/mol. The van der Waals surface area contributed by atoms with Crippen molar-refractivity contribution in [3.63, 3.8) is 0 Å². The fraction of sp³-hybridized carbons (Fsp3) is 0.588. The maximum Gasteiger partial charge on any atom is 0.0625 e. The number of nitriles is 1. The SMILES string of the molecule is CCc1ccccc1N1CCCC(CC#N)C1(C)C. The first kappa shape index (κ1) is 13.9. The van der Waals surface area contributed by atoms with Crippen molar-refractivity contribution in [3.8, 4) is 6.07 Å². The molecular weight excluding hydrogens is 232 g/mol. The minimum absolute atomic E-state index is 0.0687. The van der Waals surface area contributed by atoms with Gasteiger partial charge in [0.25, 0.3) is 0 Å². The summed E-state index contributed by atoms with van der Waals surface area (Å²) in [6, 6.07) is 11.1. The van der Waals surface area contributed by atoms with Crippen molar-refractivity contribution in [2.75, 3.05) is 11.4 Å². The number of piperidine rings is 1. The van der Waals surface area contributed by atoms with E-state index in [1.165, 1.54) is 24.1 Å². The Kier molecular flexibility index (Phi) is 4.14. The summed E-state index contributed by atoms with van der Waals surface area (Å²) in [6.07, 6.45) is 4.09. The highest BCUT2D eigenvalue weighted by atomic mass is 15.2. The van der Waals surface area contributed by atoms with E-state index in [1.807, 2.05) is 0 Å². The number of para-hydroxylation sites is 1. The summed E-state index contributed by atoms with van der Waals surface area (Å²) in [7, 11) is 0. The Balaban J connectivity index is 2.35. The highest BCUT2D eigenvalue weighted by molar-refractivity contribution is 5.56. The number of nitrogens with zero attached hydrogens (tertiary/aromatic N) is 2. The molecule has 1 aromatic carbocycles. The predicted octanol–water partition coefficient (Wildman–Crippen LogP) is 4.16. The maximum absolute atomic E-state index is 9.04. The molecule has 1 fully saturated rings. The third-order valence-electron chi connectivity index (χ3n) is 4.63. The largest absolute Gasteiger partial charge is 0.366 e. The maximum atomic E-state index is 9.04. The second-order valence-electron chi connectivity index (χ2n) is 5.99. The van der Waals surface area contributed by atoms with Gasteiger partial charge >= 0.3 is 0 Å². The third-order valence-corrected chi connectivity index (χ3v) is 4.63. The van der Waals surface area contributed by atoms with E-state index in [4.69, 9.17) is 5.26 Å². The number of hydrogen-bond acceptors (Lipinski definition) is 2. The first-order chi connectivity index (χ1) is 9.11. The van der Waals surface area contributed by atoms with Gasteiger partial charge in [-0.05, 0) is 50.7 Å². The first-order valence-corrected chi connectivity index (χ1v) is 7.33. The van der Waals surface area contributed by atoms with Gasteiger partial charge < -0.3 is 4.90 Å². The molecule has 0 spiro atoms. The minimum Gasteiger partial charge on any atom is -0.366 e. The van der Waals surface area contributed by atoms with Gasteiger partial charge in [-0.3, -0.25) is 0 Å². The van der Waals surface area contributed by atoms with Crippen LogP contribution in [-0.4, -0.2) is 12.1 Å². The molecule has 0 radical (unpaired) electrons. The van der Waals surface area contributed by atoms with E-state index in [1.54, 1.807) is 0 Å². The molecule has 1 aromatic rings. The molecule has 0 amide bonds. The highest BCUT2D eigenvalue weighted by Gasteiger charge is 2.38. The zero-order valence-electron chi connectivity index (χ0n) is 12.3. The van der Waals surface area contributed by atoms with E-state index < -0.39 is 0 Å². The van der Waals surface area contributed by atoms with Crippen LogP contribution in [0, 0.1) is 17.2 Å². The fourth-order valence-electron chi connectivity index (χ4n) is 3.32. The molecule has 1 aliphatic rings. The van der Waals surface area contributed by atoms with Crippen molar-refractivity contribution in [2.45, 2.75) is 52.0 Å². The molecule has 0 aliphatic carbocycles. The molecule has 1 saturated heterocycles. The van der Waals surface area contributed by atoms with Crippen LogP contribution in [0.15, 0.2) is 24.3 Å². The molecule has 0 saturated carbocycles. The summed E-state index contributed by atoms with van der Waals surface area (Å²) in [5.41, 5.74) is 2.84. The summed E-state index contributed by atoms with van der Waals surface area (Å²) in [6.45, 7) is 7.90. The lowest BCUT2D eigenvalue weighted by atomic mass is 9.77. The van der Waals surface area contributed by atoms with Gasteiger partial charge in [0.05, 0.1) is 6.07 Å². The lowest BCUT2D eigenvalue weighted by molar-refractivity contribution is 0.241. The minimum atomic E-state index is 0.0687. The molecule has 102 valence electrons. The standard InChI is InChI=1S/C17H24N2/c1-4-14-8-5-6-10-16(14)19-13-7-9-15(11-12-18)17(19,2)3/h5-6,8,10,15H,4,7,9,11,13H2,1-3H3. The van der Waals surface area contributed by atoms with Crippen molar-refractivity contribution >= 4 is 5.69 Å². The molecule has 2 nitrogen and oxygen atoms in total. The van der Waals surface area contributed by atoms with Gasteiger partial charge in [-0.1, -0.05) is 25.1 Å². The summed E-state index contributed by atoms with van der Waals surface area (Å²) in [5.74, 6) is 0.469. The van der Waals surface area contributed by atoms with Gasteiger partial charge in [-0.2, -0.15) is 5.26 Å². The molecule has 0 N–H and O–H groups in total. The lowest BCUT2D eigenvalue weighted by Gasteiger charge is -2.49. The number of anilines is 1. The van der Waals surface area contributed by atoms with Crippen molar-refractivity contribution in [3.05, 3.63) is 29.8 Å². The average Bonchev–Trinajstić information content (AvgIpc) is 2.41. The number of aryl methyl sites for hydroxylation is 1. The molecule has 2 heteroatoms. The van der Waals surface area contributed by atoms with E-state index in [0.29, 0.717) is 12.3 Å². The van der Waals surface area contributed by atoms with Crippen LogP contribution in [0.2, 0.25) is 0 Å². The van der Waals surface area contributed by atoms with Gasteiger partial charge in [0.2, 0.25) is 0 Å². The second kappa shape index (κ2) is 5.65. The number of rotatable bonds is 3. The van der Waals surface area contributed by atoms with E-state index in [2.05, 4.69) is 56.0 Å². The van der Waals surface area contributed by atoms with Crippen LogP contribution in [-0.2, 0) is 6.42 Å². The van der Waals surface area contributed by atoms with E-state index >= 15 is 0 Å². The van der Waals surface area contributed by atoms with Crippen molar-refractivity contribution in [2.24, 2.45) is 5.92 Å². The Morgan fingerprint density at radius 3 is 2.79 bits per heavy atom. The molecule has 1 atom stereocenters. The van der Waals surface area contributed by atoms with Crippen LogP contribution in [0.25, 0.3) is 0 Å². The summed E-state index contributed by atoms with van der Waals surface area (Å²) in [5, 5.41) is 9.04. The predicted molar refractivity (Wildman–Crippen MR) is 80.2 cm³/mol. The van der Waals surface area contributed by atoms with Crippen molar-refractivity contribution in [1.82, 2.24) is 0 Å². The zero-order chi connectivity index (χ0) is 13.9. The average molecular weight is 256 g/mol. The fourth-order valence-corrected chi connectivity index (χ4v) is 3.32. The molecule has 2 rings (SSSR count). The normalized spacial score (nSPS) is 22.0. The lowest BCUT2D eigenvalue weighted by Crippen LogP contribution is -2.53. The molecule has 1 aliphatic heterocycles.